The number of rotatable bonds is 5. The normalized spacial score (nSPS) is 15.3. The molecule has 0 radical (unpaired) electrons. The molecule has 0 heterocycles. The molecule has 0 fully saturated rings. The predicted octanol–water partition coefficient (Wildman–Crippen LogP) is -0.688. The highest BCUT2D eigenvalue weighted by atomic mass is 16.4. The second-order valence-electron chi connectivity index (χ2n) is 4.76. The van der Waals surface area contributed by atoms with Crippen LogP contribution >= 0.6 is 0 Å². The molecule has 6 heteroatoms. The number of carboxylic acids is 1. The molecule has 0 aromatic rings. The van der Waals surface area contributed by atoms with Gasteiger partial charge in [0.05, 0.1) is 6.04 Å². The summed E-state index contributed by atoms with van der Waals surface area (Å²) in [5.74, 6) is -1.70. The van der Waals surface area contributed by atoms with E-state index in [1.165, 1.54) is 0 Å². The third kappa shape index (κ3) is 4.59. The summed E-state index contributed by atoms with van der Waals surface area (Å²) in [5.41, 5.74) is 5.23. The number of nitrogens with one attached hydrogen (secondary N) is 1. The fourth-order valence-electron chi connectivity index (χ4n) is 1.04. The van der Waals surface area contributed by atoms with Gasteiger partial charge in [0.2, 0.25) is 5.91 Å². The van der Waals surface area contributed by atoms with Crippen molar-refractivity contribution in [1.82, 2.24) is 5.32 Å². The Balaban J connectivity index is 4.46. The molecular formula is C10H20N2O4. The Morgan fingerprint density at radius 1 is 1.38 bits per heavy atom. The van der Waals surface area contributed by atoms with Crippen molar-refractivity contribution in [1.29, 1.82) is 0 Å². The van der Waals surface area contributed by atoms with Crippen LogP contribution in [0.4, 0.5) is 0 Å². The molecule has 16 heavy (non-hydrogen) atoms. The Morgan fingerprint density at radius 3 is 2.19 bits per heavy atom. The predicted molar refractivity (Wildman–Crippen MR) is 58.7 cm³/mol. The van der Waals surface area contributed by atoms with Gasteiger partial charge in [-0.3, -0.25) is 4.79 Å². The van der Waals surface area contributed by atoms with E-state index in [1.807, 2.05) is 0 Å². The highest BCUT2D eigenvalue weighted by molar-refractivity contribution is 5.87. The van der Waals surface area contributed by atoms with Crippen LogP contribution in [0.15, 0.2) is 0 Å². The van der Waals surface area contributed by atoms with E-state index >= 15 is 0 Å². The van der Waals surface area contributed by atoms with E-state index in [0.29, 0.717) is 0 Å². The average molecular weight is 232 g/mol. The first-order chi connectivity index (χ1) is 7.20. The second-order valence-corrected chi connectivity index (χ2v) is 4.76. The number of aliphatic carboxylic acids is 1. The topological polar surface area (TPSA) is 113 Å². The van der Waals surface area contributed by atoms with Crippen molar-refractivity contribution in [2.24, 2.45) is 11.1 Å². The molecule has 0 spiro atoms. The Hall–Kier alpha value is -1.14. The summed E-state index contributed by atoms with van der Waals surface area (Å²) in [6, 6.07) is -1.88. The average Bonchev–Trinajstić information content (AvgIpc) is 2.14. The van der Waals surface area contributed by atoms with Gasteiger partial charge in [-0.1, -0.05) is 20.8 Å². The molecule has 0 aromatic heterocycles. The lowest BCUT2D eigenvalue weighted by molar-refractivity contribution is -0.142. The van der Waals surface area contributed by atoms with Gasteiger partial charge in [0, 0.05) is 13.0 Å². The van der Waals surface area contributed by atoms with Crippen molar-refractivity contribution < 1.29 is 19.8 Å². The molecule has 0 saturated carbocycles. The van der Waals surface area contributed by atoms with E-state index in [1.54, 1.807) is 20.8 Å². The maximum absolute atomic E-state index is 11.6. The summed E-state index contributed by atoms with van der Waals surface area (Å²) in [6.07, 6.45) is -0.0298. The van der Waals surface area contributed by atoms with Gasteiger partial charge in [-0.2, -0.15) is 0 Å². The molecule has 0 aliphatic rings. The largest absolute Gasteiger partial charge is 0.480 e. The molecule has 0 aliphatic carbocycles. The first-order valence-corrected chi connectivity index (χ1v) is 5.09. The minimum atomic E-state index is -1.18. The first kappa shape index (κ1) is 14.9. The zero-order valence-electron chi connectivity index (χ0n) is 9.86. The van der Waals surface area contributed by atoms with Crippen molar-refractivity contribution in [2.45, 2.75) is 39.3 Å². The molecule has 5 N–H and O–H groups in total. The molecule has 1 amide bonds. The fraction of sp³-hybridized carbons (Fsp3) is 0.800. The smallest absolute Gasteiger partial charge is 0.326 e. The molecule has 2 atom stereocenters. The van der Waals surface area contributed by atoms with Crippen LogP contribution in [0.5, 0.6) is 0 Å². The second kappa shape index (κ2) is 5.81. The summed E-state index contributed by atoms with van der Waals surface area (Å²) >= 11 is 0. The van der Waals surface area contributed by atoms with E-state index in [0.717, 1.165) is 0 Å². The van der Waals surface area contributed by atoms with Crippen molar-refractivity contribution in [3.05, 3.63) is 0 Å². The SMILES string of the molecule is CC(C)(C)C(N)C(=O)N[C@H](CCO)C(=O)O. The van der Waals surface area contributed by atoms with Gasteiger partial charge < -0.3 is 21.3 Å². The number of aliphatic hydroxyl groups is 1. The van der Waals surface area contributed by atoms with Gasteiger partial charge in [0.25, 0.3) is 0 Å². The highest BCUT2D eigenvalue weighted by Crippen LogP contribution is 2.17. The molecule has 0 rings (SSSR count). The van der Waals surface area contributed by atoms with Gasteiger partial charge in [-0.05, 0) is 5.41 Å². The van der Waals surface area contributed by atoms with E-state index in [4.69, 9.17) is 15.9 Å². The van der Waals surface area contributed by atoms with E-state index in [9.17, 15) is 9.59 Å². The zero-order valence-corrected chi connectivity index (χ0v) is 9.86. The van der Waals surface area contributed by atoms with E-state index in [2.05, 4.69) is 5.32 Å². The van der Waals surface area contributed by atoms with Crippen LogP contribution in [0.2, 0.25) is 0 Å². The number of carbonyl (C=O) groups is 2. The summed E-state index contributed by atoms with van der Waals surface area (Å²) < 4.78 is 0. The lowest BCUT2D eigenvalue weighted by atomic mass is 9.87. The van der Waals surface area contributed by atoms with Crippen LogP contribution in [0.25, 0.3) is 0 Å². The van der Waals surface area contributed by atoms with E-state index < -0.39 is 29.4 Å². The van der Waals surface area contributed by atoms with Gasteiger partial charge >= 0.3 is 5.97 Å². The summed E-state index contributed by atoms with van der Waals surface area (Å²) in [5, 5.41) is 19.7. The first-order valence-electron chi connectivity index (χ1n) is 5.09. The molecule has 94 valence electrons. The number of carboxylic acid groups (broad SMARTS) is 1. The van der Waals surface area contributed by atoms with Gasteiger partial charge in [0.15, 0.2) is 0 Å². The number of hydrogen-bond acceptors (Lipinski definition) is 4. The monoisotopic (exact) mass is 232 g/mol. The van der Waals surface area contributed by atoms with Crippen molar-refractivity contribution in [2.75, 3.05) is 6.61 Å². The summed E-state index contributed by atoms with van der Waals surface area (Å²) in [6.45, 7) is 5.07. The quantitative estimate of drug-likeness (QED) is 0.501. The van der Waals surface area contributed by atoms with Crippen LogP contribution in [0, 0.1) is 5.41 Å². The lowest BCUT2D eigenvalue weighted by Crippen LogP contribution is -2.53. The van der Waals surface area contributed by atoms with Gasteiger partial charge in [-0.25, -0.2) is 4.79 Å². The van der Waals surface area contributed by atoms with Gasteiger partial charge in [-0.15, -0.1) is 0 Å². The zero-order chi connectivity index (χ0) is 12.9. The number of amides is 1. The third-order valence-electron chi connectivity index (χ3n) is 2.25. The fourth-order valence-corrected chi connectivity index (χ4v) is 1.04. The van der Waals surface area contributed by atoms with Crippen LogP contribution in [0.3, 0.4) is 0 Å². The van der Waals surface area contributed by atoms with Crippen molar-refractivity contribution >= 4 is 11.9 Å². The number of aliphatic hydroxyl groups excluding tert-OH is 1. The Labute approximate surface area is 94.8 Å². The molecular weight excluding hydrogens is 212 g/mol. The molecule has 1 unspecified atom stereocenters. The maximum Gasteiger partial charge on any atom is 0.326 e. The molecule has 0 bridgehead atoms. The minimum Gasteiger partial charge on any atom is -0.480 e. The van der Waals surface area contributed by atoms with Crippen LogP contribution in [0.1, 0.15) is 27.2 Å². The van der Waals surface area contributed by atoms with E-state index in [-0.39, 0.29) is 13.0 Å². The molecule has 0 saturated heterocycles. The van der Waals surface area contributed by atoms with Gasteiger partial charge in [0.1, 0.15) is 6.04 Å². The maximum atomic E-state index is 11.6. The Kier molecular flexibility index (Phi) is 5.40. The van der Waals surface area contributed by atoms with Crippen LogP contribution in [-0.2, 0) is 9.59 Å². The minimum absolute atomic E-state index is 0.0298. The Bertz CT molecular complexity index is 260. The van der Waals surface area contributed by atoms with Crippen molar-refractivity contribution in [3.63, 3.8) is 0 Å². The number of nitrogens with two attached hydrogens (primary N) is 1. The standard InChI is InChI=1S/C10H20N2O4/c1-10(2,3)7(11)8(14)12-6(4-5-13)9(15)16/h6-7,13H,4-5,11H2,1-3H3,(H,12,14)(H,15,16)/t6-,7?/m1/s1. The van der Waals surface area contributed by atoms with Crippen LogP contribution in [-0.4, -0.2) is 40.8 Å². The number of carbonyl (C=O) groups excluding carboxylic acids is 1. The lowest BCUT2D eigenvalue weighted by Gasteiger charge is -2.27. The van der Waals surface area contributed by atoms with Crippen molar-refractivity contribution in [3.8, 4) is 0 Å². The molecule has 0 aliphatic heterocycles. The third-order valence-corrected chi connectivity index (χ3v) is 2.25. The highest BCUT2D eigenvalue weighted by Gasteiger charge is 2.30. The summed E-state index contributed by atoms with van der Waals surface area (Å²) in [4.78, 5) is 22.3. The van der Waals surface area contributed by atoms with Crippen LogP contribution < -0.4 is 11.1 Å². The summed E-state index contributed by atoms with van der Waals surface area (Å²) in [7, 11) is 0. The molecule has 6 nitrogen and oxygen atoms in total. The number of hydrogen-bond donors (Lipinski definition) is 4. The molecule has 0 aromatic carbocycles. The Morgan fingerprint density at radius 2 is 1.88 bits per heavy atom.